The maximum atomic E-state index is 4.21. The molecule has 0 saturated heterocycles. The molecular weight excluding hydrogens is 174 g/mol. The number of hydrogen-bond acceptors (Lipinski definition) is 3. The lowest BCUT2D eigenvalue weighted by Crippen LogP contribution is -2.28. The van der Waals surface area contributed by atoms with Crippen LogP contribution in [0.4, 0.5) is 0 Å². The molecule has 0 amide bonds. The number of hydrogen-bond donors (Lipinski definition) is 2. The van der Waals surface area contributed by atoms with E-state index in [4.69, 9.17) is 0 Å². The van der Waals surface area contributed by atoms with Gasteiger partial charge in [0.05, 0.1) is 0 Å². The molecule has 0 N–H and O–H groups in total. The van der Waals surface area contributed by atoms with E-state index in [1.165, 1.54) is 19.4 Å². The Morgan fingerprint density at radius 1 is 1.00 bits per heavy atom. The second-order valence-corrected chi connectivity index (χ2v) is 3.54. The van der Waals surface area contributed by atoms with Crippen LogP contribution in [0.1, 0.15) is 19.8 Å². The molecule has 0 rings (SSSR count). The molecule has 0 bridgehead atoms. The second kappa shape index (κ2) is 8.75. The topological polar surface area (TPSA) is 3.24 Å². The summed E-state index contributed by atoms with van der Waals surface area (Å²) in [5, 5.41) is 0. The Balaban J connectivity index is 3.34. The molecule has 0 atom stereocenters. The molecule has 0 spiro atoms. The van der Waals surface area contributed by atoms with Gasteiger partial charge in [-0.15, -0.1) is 0 Å². The molecular formula is C8H19NS2. The van der Waals surface area contributed by atoms with Crippen LogP contribution < -0.4 is 0 Å². The third kappa shape index (κ3) is 7.04. The van der Waals surface area contributed by atoms with Gasteiger partial charge in [-0.3, -0.25) is 0 Å². The molecule has 68 valence electrons. The normalized spacial score (nSPS) is 10.9. The fraction of sp³-hybridized carbons (Fsp3) is 1.00. The summed E-state index contributed by atoms with van der Waals surface area (Å²) in [5.41, 5.74) is 0. The van der Waals surface area contributed by atoms with Crippen molar-refractivity contribution < 1.29 is 0 Å². The first-order chi connectivity index (χ1) is 5.35. The lowest BCUT2D eigenvalue weighted by Gasteiger charge is -2.19. The van der Waals surface area contributed by atoms with Crippen LogP contribution in [0.3, 0.4) is 0 Å². The minimum Gasteiger partial charge on any atom is -0.302 e. The highest BCUT2D eigenvalue weighted by Gasteiger charge is 2.00. The summed E-state index contributed by atoms with van der Waals surface area (Å²) >= 11 is 8.42. The van der Waals surface area contributed by atoms with Crippen LogP contribution in [0, 0.1) is 0 Å². The minimum atomic E-state index is 0.956. The zero-order valence-electron chi connectivity index (χ0n) is 7.29. The van der Waals surface area contributed by atoms with Crippen molar-refractivity contribution in [2.45, 2.75) is 19.8 Å². The van der Waals surface area contributed by atoms with Gasteiger partial charge in [-0.25, -0.2) is 0 Å². The molecule has 3 heteroatoms. The Bertz CT molecular complexity index is 72.5. The molecule has 0 unspecified atom stereocenters. The average Bonchev–Trinajstić information content (AvgIpc) is 2.01. The maximum Gasteiger partial charge on any atom is 0.00702 e. The van der Waals surface area contributed by atoms with Gasteiger partial charge in [-0.2, -0.15) is 25.3 Å². The van der Waals surface area contributed by atoms with E-state index >= 15 is 0 Å². The van der Waals surface area contributed by atoms with Gasteiger partial charge in [0.15, 0.2) is 0 Å². The fourth-order valence-electron chi connectivity index (χ4n) is 1.000. The molecule has 0 aliphatic rings. The van der Waals surface area contributed by atoms with E-state index < -0.39 is 0 Å². The van der Waals surface area contributed by atoms with Crippen molar-refractivity contribution in [1.29, 1.82) is 0 Å². The van der Waals surface area contributed by atoms with Gasteiger partial charge in [-0.05, 0) is 13.0 Å². The molecule has 0 saturated carbocycles. The SMILES string of the molecule is CCCCN(CCS)CCS. The van der Waals surface area contributed by atoms with Crippen LogP contribution in [-0.4, -0.2) is 36.0 Å². The van der Waals surface area contributed by atoms with Crippen molar-refractivity contribution in [1.82, 2.24) is 4.90 Å². The van der Waals surface area contributed by atoms with Gasteiger partial charge in [0.25, 0.3) is 0 Å². The molecule has 0 aromatic heterocycles. The van der Waals surface area contributed by atoms with Gasteiger partial charge in [0.2, 0.25) is 0 Å². The van der Waals surface area contributed by atoms with E-state index in [1.807, 2.05) is 0 Å². The molecule has 0 aromatic carbocycles. The van der Waals surface area contributed by atoms with E-state index in [-0.39, 0.29) is 0 Å². The van der Waals surface area contributed by atoms with Gasteiger partial charge < -0.3 is 4.90 Å². The molecule has 0 aliphatic heterocycles. The van der Waals surface area contributed by atoms with Crippen molar-refractivity contribution in [2.75, 3.05) is 31.1 Å². The van der Waals surface area contributed by atoms with Crippen molar-refractivity contribution in [3.05, 3.63) is 0 Å². The Hall–Kier alpha value is 0.660. The number of thiol groups is 2. The number of nitrogens with zero attached hydrogens (tertiary/aromatic N) is 1. The quantitative estimate of drug-likeness (QED) is 0.585. The summed E-state index contributed by atoms with van der Waals surface area (Å²) in [6.45, 7) is 5.63. The number of unbranched alkanes of at least 4 members (excludes halogenated alkanes) is 1. The highest BCUT2D eigenvalue weighted by molar-refractivity contribution is 7.80. The summed E-state index contributed by atoms with van der Waals surface area (Å²) in [7, 11) is 0. The number of rotatable bonds is 7. The lowest BCUT2D eigenvalue weighted by molar-refractivity contribution is 0.304. The van der Waals surface area contributed by atoms with Crippen LogP contribution in [0.25, 0.3) is 0 Å². The van der Waals surface area contributed by atoms with Crippen molar-refractivity contribution in [2.24, 2.45) is 0 Å². The van der Waals surface area contributed by atoms with E-state index in [1.54, 1.807) is 0 Å². The first-order valence-electron chi connectivity index (χ1n) is 4.29. The van der Waals surface area contributed by atoms with E-state index in [2.05, 4.69) is 37.1 Å². The van der Waals surface area contributed by atoms with Crippen LogP contribution in [0.2, 0.25) is 0 Å². The molecule has 0 fully saturated rings. The largest absolute Gasteiger partial charge is 0.302 e. The van der Waals surface area contributed by atoms with E-state index in [9.17, 15) is 0 Å². The van der Waals surface area contributed by atoms with Gasteiger partial charge in [0.1, 0.15) is 0 Å². The fourth-order valence-corrected chi connectivity index (χ4v) is 1.57. The van der Waals surface area contributed by atoms with E-state index in [0.29, 0.717) is 0 Å². The Morgan fingerprint density at radius 2 is 1.55 bits per heavy atom. The highest BCUT2D eigenvalue weighted by Crippen LogP contribution is 1.95. The Labute approximate surface area is 81.4 Å². The first kappa shape index (κ1) is 11.7. The van der Waals surface area contributed by atoms with Crippen molar-refractivity contribution in [3.8, 4) is 0 Å². The molecule has 11 heavy (non-hydrogen) atoms. The van der Waals surface area contributed by atoms with Crippen LogP contribution >= 0.6 is 25.3 Å². The van der Waals surface area contributed by atoms with Gasteiger partial charge >= 0.3 is 0 Å². The third-order valence-electron chi connectivity index (χ3n) is 1.66. The average molecular weight is 193 g/mol. The summed E-state index contributed by atoms with van der Waals surface area (Å²) < 4.78 is 0. The highest BCUT2D eigenvalue weighted by atomic mass is 32.1. The summed E-state index contributed by atoms with van der Waals surface area (Å²) in [6.07, 6.45) is 2.57. The smallest absolute Gasteiger partial charge is 0.00702 e. The van der Waals surface area contributed by atoms with Crippen molar-refractivity contribution in [3.63, 3.8) is 0 Å². The molecule has 0 heterocycles. The standard InChI is InChI=1S/C8H19NS2/c1-2-3-4-9(5-7-10)6-8-11/h10-11H,2-8H2,1H3. The molecule has 0 aromatic rings. The molecule has 1 nitrogen and oxygen atoms in total. The van der Waals surface area contributed by atoms with Crippen LogP contribution in [0.5, 0.6) is 0 Å². The van der Waals surface area contributed by atoms with E-state index in [0.717, 1.165) is 24.6 Å². The Morgan fingerprint density at radius 3 is 1.91 bits per heavy atom. The zero-order chi connectivity index (χ0) is 8.53. The minimum absolute atomic E-state index is 0.956. The van der Waals surface area contributed by atoms with Crippen LogP contribution in [0.15, 0.2) is 0 Å². The summed E-state index contributed by atoms with van der Waals surface area (Å²) in [5.74, 6) is 1.91. The first-order valence-corrected chi connectivity index (χ1v) is 5.55. The second-order valence-electron chi connectivity index (χ2n) is 2.64. The predicted octanol–water partition coefficient (Wildman–Crippen LogP) is 1.95. The zero-order valence-corrected chi connectivity index (χ0v) is 9.08. The maximum absolute atomic E-state index is 4.21. The lowest BCUT2D eigenvalue weighted by atomic mass is 10.3. The monoisotopic (exact) mass is 193 g/mol. The summed E-state index contributed by atoms with van der Waals surface area (Å²) in [4.78, 5) is 2.42. The predicted molar refractivity (Wildman–Crippen MR) is 59.1 cm³/mol. The van der Waals surface area contributed by atoms with Crippen molar-refractivity contribution >= 4 is 25.3 Å². The van der Waals surface area contributed by atoms with Gasteiger partial charge in [-0.1, -0.05) is 13.3 Å². The van der Waals surface area contributed by atoms with Gasteiger partial charge in [0, 0.05) is 24.6 Å². The summed E-state index contributed by atoms with van der Waals surface area (Å²) in [6, 6.07) is 0. The third-order valence-corrected chi connectivity index (χ3v) is 2.06. The molecule has 0 aliphatic carbocycles. The molecule has 0 radical (unpaired) electrons. The Kier molecular flexibility index (Phi) is 9.28. The van der Waals surface area contributed by atoms with Crippen LogP contribution in [-0.2, 0) is 0 Å².